The van der Waals surface area contributed by atoms with E-state index >= 15 is 0 Å². The summed E-state index contributed by atoms with van der Waals surface area (Å²) >= 11 is 0. The van der Waals surface area contributed by atoms with Crippen LogP contribution in [0.5, 0.6) is 0 Å². The van der Waals surface area contributed by atoms with Gasteiger partial charge in [0.05, 0.1) is 11.0 Å². The van der Waals surface area contributed by atoms with Gasteiger partial charge in [-0.2, -0.15) is 0 Å². The van der Waals surface area contributed by atoms with Crippen molar-refractivity contribution in [3.05, 3.63) is 36.4 Å². The molecule has 0 radical (unpaired) electrons. The molecule has 2 aromatic carbocycles. The second-order valence-electron chi connectivity index (χ2n) is 8.17. The van der Waals surface area contributed by atoms with E-state index in [9.17, 15) is 13.5 Å². The normalized spacial score (nSPS) is 21.9. The third-order valence-corrected chi connectivity index (χ3v) is 6.98. The standard InChI is InChI=1S/C21H31N3O3S/c1-15-11-16(2)24(13-15)14-17(25)12-22-28(26,27)21-10-6-7-18-19(21)8-5-9-20(18)23(3)4/h5-10,15-17,22,25H,11-14H2,1-4H3/t15?,16?,17-/m0/s1. The highest BCUT2D eigenvalue weighted by molar-refractivity contribution is 7.89. The zero-order valence-corrected chi connectivity index (χ0v) is 17.9. The zero-order valence-electron chi connectivity index (χ0n) is 17.1. The summed E-state index contributed by atoms with van der Waals surface area (Å²) in [5.74, 6) is 0.612. The Kier molecular flexibility index (Phi) is 6.29. The Labute approximate surface area is 168 Å². The van der Waals surface area contributed by atoms with Crippen LogP contribution in [0.3, 0.4) is 0 Å². The predicted octanol–water partition coefficient (Wildman–Crippen LogP) is 2.28. The highest BCUT2D eigenvalue weighted by Crippen LogP contribution is 2.30. The van der Waals surface area contributed by atoms with Crippen LogP contribution in [-0.4, -0.2) is 64.3 Å². The van der Waals surface area contributed by atoms with E-state index < -0.39 is 16.1 Å². The van der Waals surface area contributed by atoms with Gasteiger partial charge in [-0.3, -0.25) is 4.90 Å². The van der Waals surface area contributed by atoms with Crippen LogP contribution in [0.25, 0.3) is 10.8 Å². The molecule has 154 valence electrons. The summed E-state index contributed by atoms with van der Waals surface area (Å²) in [6.07, 6.45) is 0.373. The first-order valence-electron chi connectivity index (χ1n) is 9.80. The molecule has 2 unspecified atom stereocenters. The Morgan fingerprint density at radius 2 is 1.86 bits per heavy atom. The lowest BCUT2D eigenvalue weighted by molar-refractivity contribution is 0.111. The lowest BCUT2D eigenvalue weighted by Crippen LogP contribution is -2.41. The second kappa shape index (κ2) is 8.37. The Morgan fingerprint density at radius 1 is 1.18 bits per heavy atom. The van der Waals surface area contributed by atoms with Gasteiger partial charge in [0.15, 0.2) is 0 Å². The first-order valence-corrected chi connectivity index (χ1v) is 11.3. The molecule has 1 fully saturated rings. The van der Waals surface area contributed by atoms with Gasteiger partial charge in [-0.15, -0.1) is 0 Å². The molecule has 3 rings (SSSR count). The van der Waals surface area contributed by atoms with E-state index in [-0.39, 0.29) is 11.4 Å². The fourth-order valence-corrected chi connectivity index (χ4v) is 5.44. The Bertz CT molecular complexity index is 930. The number of rotatable bonds is 7. The first kappa shape index (κ1) is 21.0. The van der Waals surface area contributed by atoms with E-state index in [1.54, 1.807) is 12.1 Å². The second-order valence-corrected chi connectivity index (χ2v) is 9.91. The lowest BCUT2D eigenvalue weighted by atomic mass is 10.1. The largest absolute Gasteiger partial charge is 0.390 e. The van der Waals surface area contributed by atoms with Gasteiger partial charge in [-0.1, -0.05) is 31.2 Å². The number of hydrogen-bond donors (Lipinski definition) is 2. The maximum Gasteiger partial charge on any atom is 0.241 e. The summed E-state index contributed by atoms with van der Waals surface area (Å²) in [5.41, 5.74) is 0.965. The molecular weight excluding hydrogens is 374 g/mol. The van der Waals surface area contributed by atoms with E-state index in [1.807, 2.05) is 43.3 Å². The van der Waals surface area contributed by atoms with Crippen molar-refractivity contribution in [2.45, 2.75) is 37.3 Å². The highest BCUT2D eigenvalue weighted by atomic mass is 32.2. The van der Waals surface area contributed by atoms with Crippen LogP contribution in [0.2, 0.25) is 0 Å². The van der Waals surface area contributed by atoms with E-state index in [4.69, 9.17) is 0 Å². The van der Waals surface area contributed by atoms with Crippen LogP contribution < -0.4 is 9.62 Å². The van der Waals surface area contributed by atoms with Crippen LogP contribution in [0.15, 0.2) is 41.3 Å². The average Bonchev–Trinajstić information content (AvgIpc) is 2.95. The fraction of sp³-hybridized carbons (Fsp3) is 0.524. The van der Waals surface area contributed by atoms with E-state index in [2.05, 4.69) is 23.5 Å². The smallest absolute Gasteiger partial charge is 0.241 e. The number of benzene rings is 2. The fourth-order valence-electron chi connectivity index (χ4n) is 4.15. The molecule has 1 aliphatic rings. The van der Waals surface area contributed by atoms with E-state index in [0.717, 1.165) is 24.0 Å². The minimum atomic E-state index is -3.73. The van der Waals surface area contributed by atoms with Gasteiger partial charge in [0.25, 0.3) is 0 Å². The maximum absolute atomic E-state index is 12.9. The van der Waals surface area contributed by atoms with Gasteiger partial charge >= 0.3 is 0 Å². The summed E-state index contributed by atoms with van der Waals surface area (Å²) < 4.78 is 28.5. The van der Waals surface area contributed by atoms with Crippen LogP contribution >= 0.6 is 0 Å². The Hall–Kier alpha value is -1.67. The highest BCUT2D eigenvalue weighted by Gasteiger charge is 2.28. The number of fused-ring (bicyclic) bond motifs is 1. The average molecular weight is 406 g/mol. The number of aliphatic hydroxyl groups is 1. The van der Waals surface area contributed by atoms with E-state index in [1.165, 1.54) is 0 Å². The van der Waals surface area contributed by atoms with Gasteiger partial charge in [0.2, 0.25) is 10.0 Å². The number of nitrogens with zero attached hydrogens (tertiary/aromatic N) is 2. The molecule has 0 saturated carbocycles. The molecule has 1 saturated heterocycles. The molecule has 0 aromatic heterocycles. The van der Waals surface area contributed by atoms with Crippen LogP contribution in [0.1, 0.15) is 20.3 Å². The number of β-amino-alcohol motifs (C(OH)–C–C–N with tert-alkyl or cyclic N) is 1. The van der Waals surface area contributed by atoms with Crippen LogP contribution in [0, 0.1) is 5.92 Å². The molecule has 6 nitrogen and oxygen atoms in total. The Balaban J connectivity index is 1.75. The summed E-state index contributed by atoms with van der Waals surface area (Å²) in [7, 11) is 0.141. The van der Waals surface area contributed by atoms with Crippen molar-refractivity contribution in [2.75, 3.05) is 38.6 Å². The monoisotopic (exact) mass is 405 g/mol. The third-order valence-electron chi connectivity index (χ3n) is 5.50. The summed E-state index contributed by atoms with van der Waals surface area (Å²) in [6.45, 7) is 5.78. The molecule has 3 atom stereocenters. The molecule has 2 N–H and O–H groups in total. The van der Waals surface area contributed by atoms with Gasteiger partial charge in [0, 0.05) is 56.2 Å². The zero-order chi connectivity index (χ0) is 20.5. The van der Waals surface area contributed by atoms with Gasteiger partial charge in [0.1, 0.15) is 0 Å². The lowest BCUT2D eigenvalue weighted by Gasteiger charge is -2.24. The minimum absolute atomic E-state index is 0.00366. The van der Waals surface area contributed by atoms with Crippen molar-refractivity contribution in [2.24, 2.45) is 5.92 Å². The number of likely N-dealkylation sites (tertiary alicyclic amines) is 1. The summed E-state index contributed by atoms with van der Waals surface area (Å²) in [5, 5.41) is 11.9. The van der Waals surface area contributed by atoms with Crippen LogP contribution in [-0.2, 0) is 10.0 Å². The molecule has 0 bridgehead atoms. The molecular formula is C21H31N3O3S. The number of hydrogen-bond acceptors (Lipinski definition) is 5. The molecule has 0 aliphatic carbocycles. The first-order chi connectivity index (χ1) is 13.2. The third kappa shape index (κ3) is 4.49. The molecule has 2 aromatic rings. The molecule has 28 heavy (non-hydrogen) atoms. The summed E-state index contributed by atoms with van der Waals surface area (Å²) in [4.78, 5) is 4.43. The molecule has 1 heterocycles. The molecule has 0 spiro atoms. The molecule has 1 aliphatic heterocycles. The number of aliphatic hydroxyl groups excluding tert-OH is 1. The maximum atomic E-state index is 12.9. The molecule has 0 amide bonds. The van der Waals surface area contributed by atoms with Crippen molar-refractivity contribution in [3.63, 3.8) is 0 Å². The SMILES string of the molecule is CC1CC(C)N(C[C@@H](O)CNS(=O)(=O)c2cccc3c(N(C)C)cccc23)C1. The van der Waals surface area contributed by atoms with Crippen molar-refractivity contribution < 1.29 is 13.5 Å². The van der Waals surface area contributed by atoms with E-state index in [0.29, 0.717) is 23.9 Å². The van der Waals surface area contributed by atoms with Gasteiger partial charge in [-0.05, 0) is 31.4 Å². The number of sulfonamides is 1. The van der Waals surface area contributed by atoms with Crippen molar-refractivity contribution in [1.29, 1.82) is 0 Å². The van der Waals surface area contributed by atoms with Crippen molar-refractivity contribution in [3.8, 4) is 0 Å². The van der Waals surface area contributed by atoms with Gasteiger partial charge in [-0.25, -0.2) is 13.1 Å². The quantitative estimate of drug-likeness (QED) is 0.739. The minimum Gasteiger partial charge on any atom is -0.390 e. The predicted molar refractivity (Wildman–Crippen MR) is 114 cm³/mol. The molecule has 7 heteroatoms. The summed E-state index contributed by atoms with van der Waals surface area (Å²) in [6, 6.07) is 11.4. The number of anilines is 1. The Morgan fingerprint density at radius 3 is 2.50 bits per heavy atom. The van der Waals surface area contributed by atoms with Crippen LogP contribution in [0.4, 0.5) is 5.69 Å². The number of nitrogens with one attached hydrogen (secondary N) is 1. The van der Waals surface area contributed by atoms with Crippen molar-refractivity contribution in [1.82, 2.24) is 9.62 Å². The topological polar surface area (TPSA) is 72.9 Å². The van der Waals surface area contributed by atoms with Gasteiger partial charge < -0.3 is 10.0 Å². The van der Waals surface area contributed by atoms with Crippen molar-refractivity contribution >= 4 is 26.5 Å².